The van der Waals surface area contributed by atoms with E-state index in [9.17, 15) is 28.8 Å². The fraction of sp³-hybridized carbons (Fsp3) is 0.560. The van der Waals surface area contributed by atoms with E-state index in [4.69, 9.17) is 17.2 Å². The van der Waals surface area contributed by atoms with Crippen molar-refractivity contribution in [1.29, 1.82) is 0 Å². The molecule has 1 rings (SSSR count). The van der Waals surface area contributed by atoms with Crippen LogP contribution in [-0.4, -0.2) is 76.9 Å². The van der Waals surface area contributed by atoms with Crippen LogP contribution in [0.15, 0.2) is 24.5 Å². The lowest BCUT2D eigenvalue weighted by molar-refractivity contribution is -0.138. The van der Waals surface area contributed by atoms with Crippen LogP contribution < -0.4 is 27.8 Å². The Hall–Kier alpha value is -3.87. The van der Waals surface area contributed by atoms with Gasteiger partial charge in [-0.1, -0.05) is 25.8 Å². The molecule has 38 heavy (non-hydrogen) atoms. The lowest BCUT2D eigenvalue weighted by atomic mass is 10.0. The first kappa shape index (κ1) is 32.2. The molecule has 0 radical (unpaired) electrons. The second kappa shape index (κ2) is 16.8. The van der Waals surface area contributed by atoms with Crippen molar-refractivity contribution in [3.8, 4) is 0 Å². The van der Waals surface area contributed by atoms with Crippen LogP contribution in [0, 0.1) is 0 Å². The van der Waals surface area contributed by atoms with Crippen LogP contribution in [-0.2, 0) is 35.2 Å². The number of nitrogens with two attached hydrogens (primary N) is 3. The summed E-state index contributed by atoms with van der Waals surface area (Å²) in [7, 11) is 1.35. The van der Waals surface area contributed by atoms with Gasteiger partial charge in [0.25, 0.3) is 0 Å². The second-order valence-electron chi connectivity index (χ2n) is 9.16. The maximum Gasteiger partial charge on any atom is 0.245 e. The summed E-state index contributed by atoms with van der Waals surface area (Å²) in [4.78, 5) is 78.7. The predicted octanol–water partition coefficient (Wildman–Crippen LogP) is -1.33. The Morgan fingerprint density at radius 3 is 2.24 bits per heavy atom. The minimum absolute atomic E-state index is 0.00929. The fourth-order valence-electron chi connectivity index (χ4n) is 3.64. The molecule has 0 unspecified atom stereocenters. The van der Waals surface area contributed by atoms with E-state index in [1.54, 1.807) is 18.3 Å². The van der Waals surface area contributed by atoms with Gasteiger partial charge in [0.2, 0.25) is 29.5 Å². The van der Waals surface area contributed by atoms with Crippen LogP contribution >= 0.6 is 0 Å². The number of nitrogens with zero attached hydrogens (tertiary/aromatic N) is 2. The molecule has 0 bridgehead atoms. The van der Waals surface area contributed by atoms with E-state index in [1.165, 1.54) is 13.2 Å². The molecule has 5 amide bonds. The summed E-state index contributed by atoms with van der Waals surface area (Å²) >= 11 is 0. The summed E-state index contributed by atoms with van der Waals surface area (Å²) < 4.78 is 0. The first-order valence-corrected chi connectivity index (χ1v) is 12.5. The second-order valence-corrected chi connectivity index (χ2v) is 9.16. The van der Waals surface area contributed by atoms with E-state index in [0.717, 1.165) is 24.2 Å². The first-order chi connectivity index (χ1) is 17.9. The Kier molecular flexibility index (Phi) is 14.2. The summed E-state index contributed by atoms with van der Waals surface area (Å²) in [6.45, 7) is 1.64. The van der Waals surface area contributed by atoms with Crippen LogP contribution in [0.5, 0.6) is 0 Å². The van der Waals surface area contributed by atoms with Gasteiger partial charge in [0.05, 0.1) is 19.0 Å². The van der Waals surface area contributed by atoms with Crippen molar-refractivity contribution >= 4 is 35.3 Å². The maximum absolute atomic E-state index is 13.1. The van der Waals surface area contributed by atoms with Crippen molar-refractivity contribution in [2.24, 2.45) is 17.2 Å². The lowest BCUT2D eigenvalue weighted by Crippen LogP contribution is -2.57. The van der Waals surface area contributed by atoms with Crippen LogP contribution in [0.4, 0.5) is 0 Å². The highest BCUT2D eigenvalue weighted by molar-refractivity contribution is 5.96. The smallest absolute Gasteiger partial charge is 0.245 e. The van der Waals surface area contributed by atoms with E-state index in [0.29, 0.717) is 12.0 Å². The fourth-order valence-corrected chi connectivity index (χ4v) is 3.64. The van der Waals surface area contributed by atoms with Crippen LogP contribution in [0.1, 0.15) is 57.4 Å². The topological polar surface area (TPSA) is 221 Å². The van der Waals surface area contributed by atoms with Crippen molar-refractivity contribution in [3.05, 3.63) is 30.1 Å². The SMILES string of the molecule is CCCCCC(=O)CC[C@H](N)C(=O)N[C@@H](CC(N)=O)C(=O)N[C@@H](Cc1cccnc1)C(=O)N(C)CC(N)=O. The molecule has 0 aliphatic heterocycles. The number of likely N-dealkylation sites (N-methyl/N-ethyl adjacent to an activating group) is 1. The highest BCUT2D eigenvalue weighted by Gasteiger charge is 2.31. The quantitative estimate of drug-likeness (QED) is 0.142. The molecule has 1 aromatic heterocycles. The number of aromatic nitrogens is 1. The third-order valence-corrected chi connectivity index (χ3v) is 5.71. The molecule has 13 nitrogen and oxygen atoms in total. The van der Waals surface area contributed by atoms with Crippen molar-refractivity contribution in [2.75, 3.05) is 13.6 Å². The van der Waals surface area contributed by atoms with Crippen LogP contribution in [0.25, 0.3) is 0 Å². The van der Waals surface area contributed by atoms with E-state index >= 15 is 0 Å². The van der Waals surface area contributed by atoms with E-state index in [-0.39, 0.29) is 31.6 Å². The van der Waals surface area contributed by atoms with Crippen molar-refractivity contribution in [2.45, 2.75) is 76.4 Å². The summed E-state index contributed by atoms with van der Waals surface area (Å²) in [6.07, 6.45) is 5.78. The van der Waals surface area contributed by atoms with E-state index in [1.807, 2.05) is 6.92 Å². The standard InChI is InChI=1S/C25H39N7O6/c1-3-4-5-8-17(33)9-10-18(26)23(36)30-19(13-21(27)34)24(37)31-20(12-16-7-6-11-29-14-16)25(38)32(2)15-22(28)35/h6-7,11,14,18-20H,3-5,8-10,12-13,15,26H2,1-2H3,(H2,27,34)(H2,28,35)(H,30,36)(H,31,37)/t18-,19-,20-/m0/s1. The molecule has 0 aliphatic rings. The summed E-state index contributed by atoms with van der Waals surface area (Å²) in [5, 5.41) is 4.91. The number of pyridine rings is 1. The molecule has 210 valence electrons. The molecule has 13 heteroatoms. The van der Waals surface area contributed by atoms with Gasteiger partial charge in [-0.05, 0) is 24.5 Å². The molecule has 0 aromatic carbocycles. The lowest BCUT2D eigenvalue weighted by Gasteiger charge is -2.26. The van der Waals surface area contributed by atoms with Gasteiger partial charge in [0, 0.05) is 38.7 Å². The normalized spacial score (nSPS) is 13.0. The molecule has 3 atom stereocenters. The molecule has 0 spiro atoms. The number of nitrogens with one attached hydrogen (secondary N) is 2. The van der Waals surface area contributed by atoms with Crippen LogP contribution in [0.3, 0.4) is 0 Å². The van der Waals surface area contributed by atoms with Gasteiger partial charge < -0.3 is 32.7 Å². The van der Waals surface area contributed by atoms with Crippen molar-refractivity contribution < 1.29 is 28.8 Å². The predicted molar refractivity (Wildman–Crippen MR) is 139 cm³/mol. The summed E-state index contributed by atoms with van der Waals surface area (Å²) in [6, 6.07) is -0.339. The third-order valence-electron chi connectivity index (χ3n) is 5.71. The van der Waals surface area contributed by atoms with Gasteiger partial charge in [-0.15, -0.1) is 0 Å². The van der Waals surface area contributed by atoms with Gasteiger partial charge in [0.1, 0.15) is 17.9 Å². The number of amides is 5. The Labute approximate surface area is 222 Å². The summed E-state index contributed by atoms with van der Waals surface area (Å²) in [5.74, 6) is -3.84. The molecule has 0 saturated heterocycles. The molecule has 0 fully saturated rings. The van der Waals surface area contributed by atoms with E-state index < -0.39 is 54.1 Å². The zero-order valence-corrected chi connectivity index (χ0v) is 22.0. The number of primary amides is 2. The third kappa shape index (κ3) is 12.4. The Balaban J connectivity index is 2.93. The molecular formula is C25H39N7O6. The number of hydrogen-bond donors (Lipinski definition) is 5. The zero-order valence-electron chi connectivity index (χ0n) is 22.0. The number of unbranched alkanes of at least 4 members (excludes halogenated alkanes) is 2. The van der Waals surface area contributed by atoms with Crippen molar-refractivity contribution in [1.82, 2.24) is 20.5 Å². The van der Waals surface area contributed by atoms with Gasteiger partial charge in [-0.25, -0.2) is 0 Å². The van der Waals surface area contributed by atoms with Crippen molar-refractivity contribution in [3.63, 3.8) is 0 Å². The minimum Gasteiger partial charge on any atom is -0.370 e. The largest absolute Gasteiger partial charge is 0.370 e. The highest BCUT2D eigenvalue weighted by Crippen LogP contribution is 2.08. The Morgan fingerprint density at radius 2 is 1.66 bits per heavy atom. The number of rotatable bonds is 18. The molecule has 8 N–H and O–H groups in total. The van der Waals surface area contributed by atoms with Gasteiger partial charge in [-0.3, -0.25) is 33.8 Å². The highest BCUT2D eigenvalue weighted by atomic mass is 16.2. The number of ketones is 1. The van der Waals surface area contributed by atoms with E-state index in [2.05, 4.69) is 15.6 Å². The molecular weight excluding hydrogens is 494 g/mol. The average molecular weight is 534 g/mol. The van der Waals surface area contributed by atoms with Gasteiger partial charge >= 0.3 is 0 Å². The zero-order chi connectivity index (χ0) is 28.7. The molecule has 1 heterocycles. The van der Waals surface area contributed by atoms with Gasteiger partial charge in [-0.2, -0.15) is 0 Å². The molecule has 0 saturated carbocycles. The number of carbonyl (C=O) groups is 6. The van der Waals surface area contributed by atoms with Gasteiger partial charge in [0.15, 0.2) is 0 Å². The number of carbonyl (C=O) groups excluding carboxylic acids is 6. The number of Topliss-reactive ketones (excluding diaryl/α,β-unsaturated/α-hetero) is 1. The number of hydrogen-bond acceptors (Lipinski definition) is 8. The Bertz CT molecular complexity index is 972. The average Bonchev–Trinajstić information content (AvgIpc) is 2.85. The maximum atomic E-state index is 13.1. The molecule has 1 aromatic rings. The molecule has 0 aliphatic carbocycles. The first-order valence-electron chi connectivity index (χ1n) is 12.5. The Morgan fingerprint density at radius 1 is 0.974 bits per heavy atom. The van der Waals surface area contributed by atoms with Crippen LogP contribution in [0.2, 0.25) is 0 Å². The summed E-state index contributed by atoms with van der Waals surface area (Å²) in [5.41, 5.74) is 17.0. The monoisotopic (exact) mass is 533 g/mol. The minimum atomic E-state index is -1.42.